The Bertz CT molecular complexity index is 1020. The first kappa shape index (κ1) is 24.8. The van der Waals surface area contributed by atoms with Gasteiger partial charge in [-0.25, -0.2) is 4.79 Å². The molecule has 1 unspecified atom stereocenters. The van der Waals surface area contributed by atoms with Crippen molar-refractivity contribution in [3.63, 3.8) is 0 Å². The van der Waals surface area contributed by atoms with E-state index >= 15 is 0 Å². The molecule has 3 rings (SSSR count). The number of amides is 3. The Morgan fingerprint density at radius 1 is 1.03 bits per heavy atom. The third-order valence-corrected chi connectivity index (χ3v) is 5.91. The molecule has 3 N–H and O–H groups in total. The summed E-state index contributed by atoms with van der Waals surface area (Å²) in [4.78, 5) is 49.5. The number of carbonyl (C=O) groups is 4. The monoisotopic (exact) mass is 467 g/mol. The molecular formula is C25H29N3O6. The van der Waals surface area contributed by atoms with Crippen molar-refractivity contribution < 1.29 is 29.0 Å². The molecule has 9 heteroatoms. The van der Waals surface area contributed by atoms with E-state index in [1.807, 2.05) is 48.5 Å². The van der Waals surface area contributed by atoms with Crippen LogP contribution in [0, 0.1) is 0 Å². The van der Waals surface area contributed by atoms with Crippen LogP contribution in [-0.2, 0) is 19.1 Å². The Morgan fingerprint density at radius 2 is 1.62 bits per heavy atom. The molecular weight excluding hydrogens is 438 g/mol. The Kier molecular flexibility index (Phi) is 8.24. The van der Waals surface area contributed by atoms with Crippen LogP contribution >= 0.6 is 0 Å². The molecule has 0 heterocycles. The lowest BCUT2D eigenvalue weighted by molar-refractivity contribution is -0.137. The number of hydrogen-bond acceptors (Lipinski definition) is 5. The molecule has 34 heavy (non-hydrogen) atoms. The molecule has 0 fully saturated rings. The quantitative estimate of drug-likeness (QED) is 0.493. The minimum Gasteiger partial charge on any atom is -0.481 e. The number of rotatable bonds is 10. The van der Waals surface area contributed by atoms with Crippen LogP contribution in [0.3, 0.4) is 0 Å². The van der Waals surface area contributed by atoms with Gasteiger partial charge in [0.05, 0.1) is 6.54 Å². The van der Waals surface area contributed by atoms with Crippen LogP contribution in [0.2, 0.25) is 0 Å². The Hall–Kier alpha value is -3.88. The fourth-order valence-corrected chi connectivity index (χ4v) is 3.92. The van der Waals surface area contributed by atoms with Gasteiger partial charge in [-0.3, -0.25) is 14.4 Å². The van der Waals surface area contributed by atoms with Gasteiger partial charge in [0.2, 0.25) is 11.8 Å². The van der Waals surface area contributed by atoms with E-state index in [0.29, 0.717) is 6.54 Å². The van der Waals surface area contributed by atoms with Crippen LogP contribution in [0.1, 0.15) is 36.8 Å². The van der Waals surface area contributed by atoms with Crippen molar-refractivity contribution in [1.29, 1.82) is 0 Å². The van der Waals surface area contributed by atoms with Crippen molar-refractivity contribution >= 4 is 23.9 Å². The summed E-state index contributed by atoms with van der Waals surface area (Å²) in [6.07, 6.45) is -1.29. The van der Waals surface area contributed by atoms with Gasteiger partial charge in [-0.15, -0.1) is 0 Å². The van der Waals surface area contributed by atoms with E-state index in [9.17, 15) is 19.2 Å². The molecule has 0 bridgehead atoms. The normalized spacial score (nSPS) is 12.8. The van der Waals surface area contributed by atoms with Gasteiger partial charge < -0.3 is 25.4 Å². The lowest BCUT2D eigenvalue weighted by atomic mass is 9.98. The highest BCUT2D eigenvalue weighted by atomic mass is 16.5. The molecule has 1 aliphatic rings. The second-order valence-corrected chi connectivity index (χ2v) is 8.08. The number of benzene rings is 2. The highest BCUT2D eigenvalue weighted by molar-refractivity contribution is 5.89. The minimum absolute atomic E-state index is 0.0624. The van der Waals surface area contributed by atoms with Gasteiger partial charge in [0.1, 0.15) is 12.6 Å². The molecule has 1 aliphatic carbocycles. The van der Waals surface area contributed by atoms with Crippen LogP contribution in [0.4, 0.5) is 4.79 Å². The van der Waals surface area contributed by atoms with Gasteiger partial charge >= 0.3 is 12.1 Å². The van der Waals surface area contributed by atoms with Crippen LogP contribution < -0.4 is 10.6 Å². The maximum Gasteiger partial charge on any atom is 0.407 e. The van der Waals surface area contributed by atoms with E-state index in [0.717, 1.165) is 22.3 Å². The number of hydrogen-bond donors (Lipinski definition) is 3. The zero-order valence-electron chi connectivity index (χ0n) is 19.2. The van der Waals surface area contributed by atoms with Crippen LogP contribution in [0.15, 0.2) is 48.5 Å². The predicted octanol–water partition coefficient (Wildman–Crippen LogP) is 2.35. The van der Waals surface area contributed by atoms with Crippen molar-refractivity contribution in [3.05, 3.63) is 59.7 Å². The molecule has 0 aliphatic heterocycles. The second kappa shape index (κ2) is 11.3. The molecule has 9 nitrogen and oxygen atoms in total. The van der Waals surface area contributed by atoms with E-state index in [-0.39, 0.29) is 37.8 Å². The minimum atomic E-state index is -1.15. The van der Waals surface area contributed by atoms with E-state index < -0.39 is 24.0 Å². The number of nitrogens with one attached hydrogen (secondary N) is 2. The van der Waals surface area contributed by atoms with Crippen molar-refractivity contribution in [2.24, 2.45) is 0 Å². The molecule has 0 aromatic heterocycles. The van der Waals surface area contributed by atoms with E-state index in [1.165, 1.54) is 4.90 Å². The Labute approximate surface area is 198 Å². The number of likely N-dealkylation sites (N-methyl/N-ethyl adjacent to an activating group) is 1. The fraction of sp³-hybridized carbons (Fsp3) is 0.360. The number of nitrogens with zero attached hydrogens (tertiary/aromatic N) is 1. The number of carbonyl (C=O) groups excluding carboxylic acids is 3. The smallest absolute Gasteiger partial charge is 0.407 e. The maximum atomic E-state index is 12.5. The number of carboxylic acids is 1. The molecule has 2 aromatic rings. The number of alkyl carbamates (subject to hydrolysis) is 1. The van der Waals surface area contributed by atoms with Gasteiger partial charge in [0.15, 0.2) is 0 Å². The third-order valence-electron chi connectivity index (χ3n) is 5.91. The largest absolute Gasteiger partial charge is 0.481 e. The highest BCUT2D eigenvalue weighted by Crippen LogP contribution is 2.44. The average molecular weight is 468 g/mol. The summed E-state index contributed by atoms with van der Waals surface area (Å²) in [7, 11) is 1.60. The number of ether oxygens (including phenoxy) is 1. The fourth-order valence-electron chi connectivity index (χ4n) is 3.92. The van der Waals surface area contributed by atoms with Crippen molar-refractivity contribution in [1.82, 2.24) is 15.5 Å². The van der Waals surface area contributed by atoms with Crippen LogP contribution in [0.5, 0.6) is 0 Å². The maximum absolute atomic E-state index is 12.5. The summed E-state index contributed by atoms with van der Waals surface area (Å²) in [5, 5.41) is 13.9. The predicted molar refractivity (Wildman–Crippen MR) is 125 cm³/mol. The average Bonchev–Trinajstić information content (AvgIpc) is 3.16. The topological polar surface area (TPSA) is 125 Å². The zero-order valence-corrected chi connectivity index (χ0v) is 19.2. The number of carboxylic acid groups (broad SMARTS) is 1. The summed E-state index contributed by atoms with van der Waals surface area (Å²) in [6.45, 7) is 2.09. The van der Waals surface area contributed by atoms with Crippen LogP contribution in [-0.4, -0.2) is 66.7 Å². The van der Waals surface area contributed by atoms with Gasteiger partial charge in [0, 0.05) is 25.9 Å². The van der Waals surface area contributed by atoms with Crippen molar-refractivity contribution in [3.8, 4) is 11.1 Å². The molecule has 2 aromatic carbocycles. The second-order valence-electron chi connectivity index (χ2n) is 8.08. The molecule has 0 saturated carbocycles. The van der Waals surface area contributed by atoms with Crippen LogP contribution in [0.25, 0.3) is 11.1 Å². The van der Waals surface area contributed by atoms with Gasteiger partial charge in [-0.2, -0.15) is 0 Å². The van der Waals surface area contributed by atoms with Crippen molar-refractivity contribution in [2.75, 3.05) is 26.7 Å². The summed E-state index contributed by atoms with van der Waals surface area (Å²) >= 11 is 0. The summed E-state index contributed by atoms with van der Waals surface area (Å²) in [5.41, 5.74) is 4.28. The third kappa shape index (κ3) is 5.92. The SMILES string of the molecule is CCN(C)C(=O)CNC(=O)C(CCC(=O)O)NC(=O)OCC1c2ccccc2-c2ccccc21. The zero-order chi connectivity index (χ0) is 24.7. The first-order valence-corrected chi connectivity index (χ1v) is 11.2. The summed E-state index contributed by atoms with van der Waals surface area (Å²) in [6, 6.07) is 14.7. The van der Waals surface area contributed by atoms with Gasteiger partial charge in [-0.05, 0) is 35.6 Å². The molecule has 1 atom stereocenters. The summed E-state index contributed by atoms with van der Waals surface area (Å²) in [5.74, 6) is -2.19. The summed E-state index contributed by atoms with van der Waals surface area (Å²) < 4.78 is 5.46. The van der Waals surface area contributed by atoms with Crippen molar-refractivity contribution in [2.45, 2.75) is 31.7 Å². The molecule has 0 spiro atoms. The standard InChI is InChI=1S/C25H29N3O6/c1-3-28(2)22(29)14-26-24(32)21(12-13-23(30)31)27-25(33)34-15-20-18-10-6-4-8-16(18)17-9-5-7-11-19(17)20/h4-11,20-21H,3,12-15H2,1-2H3,(H,26,32)(H,27,33)(H,30,31). The molecule has 3 amide bonds. The van der Waals surface area contributed by atoms with Gasteiger partial charge in [-0.1, -0.05) is 48.5 Å². The lowest BCUT2D eigenvalue weighted by Gasteiger charge is -2.20. The number of aliphatic carboxylic acids is 1. The number of fused-ring (bicyclic) bond motifs is 3. The first-order valence-electron chi connectivity index (χ1n) is 11.2. The van der Waals surface area contributed by atoms with Gasteiger partial charge in [0.25, 0.3) is 0 Å². The highest BCUT2D eigenvalue weighted by Gasteiger charge is 2.30. The van der Waals surface area contributed by atoms with E-state index in [2.05, 4.69) is 10.6 Å². The Balaban J connectivity index is 1.62. The molecule has 0 radical (unpaired) electrons. The van der Waals surface area contributed by atoms with E-state index in [1.54, 1.807) is 14.0 Å². The Morgan fingerprint density at radius 3 is 2.18 bits per heavy atom. The lowest BCUT2D eigenvalue weighted by Crippen LogP contribution is -2.49. The molecule has 0 saturated heterocycles. The van der Waals surface area contributed by atoms with E-state index in [4.69, 9.17) is 9.84 Å². The first-order chi connectivity index (χ1) is 16.3. The molecule has 180 valence electrons.